The highest BCUT2D eigenvalue weighted by Gasteiger charge is 2.20. The number of piperidine rings is 1. The molecule has 0 radical (unpaired) electrons. The molecule has 2 heterocycles. The summed E-state index contributed by atoms with van der Waals surface area (Å²) in [5.41, 5.74) is 0.370. The van der Waals surface area contributed by atoms with E-state index < -0.39 is 0 Å². The van der Waals surface area contributed by atoms with Crippen LogP contribution >= 0.6 is 24.8 Å². The Hall–Kier alpha value is -1.04. The van der Waals surface area contributed by atoms with Crippen molar-refractivity contribution >= 4 is 30.7 Å². The van der Waals surface area contributed by atoms with E-state index in [0.29, 0.717) is 11.4 Å². The average molecular weight is 336 g/mol. The number of carbonyl (C=O) groups excluding carboxylic acids is 1. The fourth-order valence-corrected chi connectivity index (χ4v) is 2.13. The monoisotopic (exact) mass is 335 g/mol. The highest BCUT2D eigenvalue weighted by molar-refractivity contribution is 5.95. The molecule has 2 N–H and O–H groups in total. The van der Waals surface area contributed by atoms with E-state index in [2.05, 4.69) is 15.6 Å². The molecule has 1 saturated heterocycles. The zero-order chi connectivity index (χ0) is 13.7. The minimum Gasteiger partial charge on any atom is -0.489 e. The predicted octanol–water partition coefficient (Wildman–Crippen LogP) is 2.19. The number of hydrogen-bond acceptors (Lipinski definition) is 4. The molecule has 1 amide bonds. The van der Waals surface area contributed by atoms with Crippen molar-refractivity contribution in [2.24, 2.45) is 0 Å². The van der Waals surface area contributed by atoms with Crippen LogP contribution in [0.4, 0.5) is 0 Å². The second-order valence-electron chi connectivity index (χ2n) is 5.01. The SMILES string of the molecule is CC(C)Oc1cccnc1C(=O)NC1CCNCC1.Cl.Cl. The molecule has 7 heteroatoms. The van der Waals surface area contributed by atoms with Gasteiger partial charge in [-0.05, 0) is 51.9 Å². The quantitative estimate of drug-likeness (QED) is 0.885. The molecule has 1 aromatic rings. The Morgan fingerprint density at radius 3 is 2.67 bits per heavy atom. The summed E-state index contributed by atoms with van der Waals surface area (Å²) in [5, 5.41) is 6.30. The van der Waals surface area contributed by atoms with Crippen LogP contribution in [-0.2, 0) is 0 Å². The molecule has 0 aliphatic carbocycles. The van der Waals surface area contributed by atoms with Gasteiger partial charge in [0.2, 0.25) is 0 Å². The van der Waals surface area contributed by atoms with Crippen LogP contribution in [0.25, 0.3) is 0 Å². The zero-order valence-corrected chi connectivity index (χ0v) is 13.9. The Bertz CT molecular complexity index is 438. The maximum atomic E-state index is 12.2. The summed E-state index contributed by atoms with van der Waals surface area (Å²) in [7, 11) is 0. The van der Waals surface area contributed by atoms with Crippen molar-refractivity contribution < 1.29 is 9.53 Å². The molecule has 1 aromatic heterocycles. The summed E-state index contributed by atoms with van der Waals surface area (Å²) in [5.74, 6) is 0.395. The highest BCUT2D eigenvalue weighted by atomic mass is 35.5. The summed E-state index contributed by atoms with van der Waals surface area (Å²) in [6.07, 6.45) is 3.55. The van der Waals surface area contributed by atoms with Crippen molar-refractivity contribution in [1.29, 1.82) is 0 Å². The second kappa shape index (κ2) is 9.82. The van der Waals surface area contributed by atoms with Crippen molar-refractivity contribution in [1.82, 2.24) is 15.6 Å². The molecule has 1 aliphatic rings. The number of rotatable bonds is 4. The van der Waals surface area contributed by atoms with Crippen molar-refractivity contribution in [2.45, 2.75) is 38.8 Å². The van der Waals surface area contributed by atoms with Crippen LogP contribution in [0.15, 0.2) is 18.3 Å². The van der Waals surface area contributed by atoms with E-state index in [1.54, 1.807) is 18.3 Å². The lowest BCUT2D eigenvalue weighted by Crippen LogP contribution is -2.43. The molecular formula is C14H23Cl2N3O2. The maximum Gasteiger partial charge on any atom is 0.273 e. The third kappa shape index (κ3) is 6.08. The van der Waals surface area contributed by atoms with E-state index in [0.717, 1.165) is 25.9 Å². The molecule has 1 aliphatic heterocycles. The molecule has 0 aromatic carbocycles. The summed E-state index contributed by atoms with van der Waals surface area (Å²) in [4.78, 5) is 16.4. The number of amides is 1. The van der Waals surface area contributed by atoms with Gasteiger partial charge in [0.05, 0.1) is 6.10 Å². The van der Waals surface area contributed by atoms with Gasteiger partial charge in [0.15, 0.2) is 11.4 Å². The van der Waals surface area contributed by atoms with E-state index in [4.69, 9.17) is 4.74 Å². The van der Waals surface area contributed by atoms with Crippen LogP contribution in [0.3, 0.4) is 0 Å². The van der Waals surface area contributed by atoms with Crippen LogP contribution in [0, 0.1) is 0 Å². The van der Waals surface area contributed by atoms with Crippen LogP contribution < -0.4 is 15.4 Å². The van der Waals surface area contributed by atoms with Crippen LogP contribution in [0.5, 0.6) is 5.75 Å². The molecule has 5 nitrogen and oxygen atoms in total. The van der Waals surface area contributed by atoms with Crippen LogP contribution in [0.1, 0.15) is 37.2 Å². The van der Waals surface area contributed by atoms with Gasteiger partial charge in [-0.2, -0.15) is 0 Å². The zero-order valence-electron chi connectivity index (χ0n) is 12.3. The smallest absolute Gasteiger partial charge is 0.273 e. The van der Waals surface area contributed by atoms with E-state index in [1.807, 2.05) is 13.8 Å². The molecule has 0 unspecified atom stereocenters. The van der Waals surface area contributed by atoms with E-state index in [9.17, 15) is 4.79 Å². The average Bonchev–Trinajstić information content (AvgIpc) is 2.39. The van der Waals surface area contributed by atoms with Gasteiger partial charge in [-0.1, -0.05) is 0 Å². The lowest BCUT2D eigenvalue weighted by Gasteiger charge is -2.24. The Morgan fingerprint density at radius 2 is 2.05 bits per heavy atom. The second-order valence-corrected chi connectivity index (χ2v) is 5.01. The number of halogens is 2. The van der Waals surface area contributed by atoms with Gasteiger partial charge >= 0.3 is 0 Å². The number of hydrogen-bond donors (Lipinski definition) is 2. The Morgan fingerprint density at radius 1 is 1.38 bits per heavy atom. The van der Waals surface area contributed by atoms with Gasteiger partial charge in [-0.15, -0.1) is 24.8 Å². The fourth-order valence-electron chi connectivity index (χ4n) is 2.13. The molecule has 0 bridgehead atoms. The first-order chi connectivity index (χ1) is 9.16. The number of nitrogens with one attached hydrogen (secondary N) is 2. The summed E-state index contributed by atoms with van der Waals surface area (Å²) in [6.45, 7) is 5.76. The van der Waals surface area contributed by atoms with Crippen LogP contribution in [-0.4, -0.2) is 36.1 Å². The summed E-state index contributed by atoms with van der Waals surface area (Å²) >= 11 is 0. The van der Waals surface area contributed by atoms with Crippen LogP contribution in [0.2, 0.25) is 0 Å². The highest BCUT2D eigenvalue weighted by Crippen LogP contribution is 2.17. The van der Waals surface area contributed by atoms with Gasteiger partial charge in [0.25, 0.3) is 5.91 Å². The van der Waals surface area contributed by atoms with Crippen molar-refractivity contribution in [3.05, 3.63) is 24.0 Å². The van der Waals surface area contributed by atoms with Gasteiger partial charge in [0.1, 0.15) is 0 Å². The number of aromatic nitrogens is 1. The Labute approximate surface area is 138 Å². The number of carbonyl (C=O) groups is 1. The molecule has 0 atom stereocenters. The van der Waals surface area contributed by atoms with Crippen molar-refractivity contribution in [3.8, 4) is 5.75 Å². The van der Waals surface area contributed by atoms with Crippen molar-refractivity contribution in [3.63, 3.8) is 0 Å². The van der Waals surface area contributed by atoms with Gasteiger partial charge in [-0.3, -0.25) is 4.79 Å². The number of pyridine rings is 1. The van der Waals surface area contributed by atoms with Crippen molar-refractivity contribution in [2.75, 3.05) is 13.1 Å². The fraction of sp³-hybridized carbons (Fsp3) is 0.571. The number of ether oxygens (including phenoxy) is 1. The van der Waals surface area contributed by atoms with E-state index in [1.165, 1.54) is 0 Å². The molecule has 21 heavy (non-hydrogen) atoms. The molecule has 1 fully saturated rings. The summed E-state index contributed by atoms with van der Waals surface area (Å²) in [6, 6.07) is 3.78. The van der Waals surface area contributed by atoms with Gasteiger partial charge in [0, 0.05) is 12.2 Å². The normalized spacial score (nSPS) is 14.8. The first-order valence-corrected chi connectivity index (χ1v) is 6.80. The maximum absolute atomic E-state index is 12.2. The van der Waals surface area contributed by atoms with Gasteiger partial charge < -0.3 is 15.4 Å². The van der Waals surface area contributed by atoms with Gasteiger partial charge in [-0.25, -0.2) is 4.98 Å². The first kappa shape index (κ1) is 20.0. The molecule has 0 saturated carbocycles. The predicted molar refractivity (Wildman–Crippen MR) is 87.9 cm³/mol. The molecule has 2 rings (SSSR count). The lowest BCUT2D eigenvalue weighted by atomic mass is 10.1. The lowest BCUT2D eigenvalue weighted by molar-refractivity contribution is 0.0918. The summed E-state index contributed by atoms with van der Waals surface area (Å²) < 4.78 is 5.62. The standard InChI is InChI=1S/C14H21N3O2.2ClH/c1-10(2)19-12-4-3-7-16-13(12)14(18)17-11-5-8-15-9-6-11;;/h3-4,7,10-11,15H,5-6,8-9H2,1-2H3,(H,17,18);2*1H. The third-order valence-electron chi connectivity index (χ3n) is 3.02. The van der Waals surface area contributed by atoms with E-state index >= 15 is 0 Å². The third-order valence-corrected chi connectivity index (χ3v) is 3.02. The minimum absolute atomic E-state index is 0. The molecular weight excluding hydrogens is 313 g/mol. The molecule has 120 valence electrons. The number of nitrogens with zero attached hydrogens (tertiary/aromatic N) is 1. The topological polar surface area (TPSA) is 63.2 Å². The largest absolute Gasteiger partial charge is 0.489 e. The first-order valence-electron chi connectivity index (χ1n) is 6.80. The Kier molecular flexibility index (Phi) is 9.33. The minimum atomic E-state index is -0.150. The Balaban J connectivity index is 0.00000200. The van der Waals surface area contributed by atoms with E-state index in [-0.39, 0.29) is 42.9 Å². The molecule has 0 spiro atoms.